The van der Waals surface area contributed by atoms with E-state index in [9.17, 15) is 0 Å². The minimum absolute atomic E-state index is 0.688. The molecule has 0 spiro atoms. The first-order chi connectivity index (χ1) is 8.74. The zero-order chi connectivity index (χ0) is 13.0. The highest BCUT2D eigenvalue weighted by atomic mass is 15.3. The van der Waals surface area contributed by atoms with Gasteiger partial charge in [-0.05, 0) is 52.1 Å². The van der Waals surface area contributed by atoms with Crippen LogP contribution in [0.5, 0.6) is 0 Å². The Morgan fingerprint density at radius 2 is 2.11 bits per heavy atom. The number of nitrogens with one attached hydrogen (secondary N) is 1. The fourth-order valence-corrected chi connectivity index (χ4v) is 3.31. The molecule has 0 bridgehead atoms. The summed E-state index contributed by atoms with van der Waals surface area (Å²) in [7, 11) is 2.12. The van der Waals surface area contributed by atoms with Gasteiger partial charge in [-0.15, -0.1) is 0 Å². The third-order valence-corrected chi connectivity index (χ3v) is 4.29. The molecule has 0 aliphatic heterocycles. The van der Waals surface area contributed by atoms with Crippen molar-refractivity contribution in [1.82, 2.24) is 15.1 Å². The molecule has 1 aliphatic rings. The lowest BCUT2D eigenvalue weighted by Gasteiger charge is -2.24. The number of hydrogen-bond acceptors (Lipinski definition) is 2. The van der Waals surface area contributed by atoms with Gasteiger partial charge in [0.05, 0.1) is 5.69 Å². The maximum atomic E-state index is 4.57. The van der Waals surface area contributed by atoms with Crippen molar-refractivity contribution in [2.75, 3.05) is 7.05 Å². The highest BCUT2D eigenvalue weighted by molar-refractivity contribution is 5.10. The van der Waals surface area contributed by atoms with E-state index in [0.717, 1.165) is 18.2 Å². The monoisotopic (exact) mass is 249 g/mol. The van der Waals surface area contributed by atoms with Gasteiger partial charge in [0.15, 0.2) is 0 Å². The zero-order valence-corrected chi connectivity index (χ0v) is 12.1. The lowest BCUT2D eigenvalue weighted by atomic mass is 9.90. The highest BCUT2D eigenvalue weighted by Crippen LogP contribution is 2.26. The van der Waals surface area contributed by atoms with E-state index in [1.165, 1.54) is 44.2 Å². The molecule has 1 fully saturated rings. The van der Waals surface area contributed by atoms with Crippen LogP contribution in [-0.2, 0) is 13.0 Å². The largest absolute Gasteiger partial charge is 0.317 e. The first-order valence-electron chi connectivity index (χ1n) is 7.45. The van der Waals surface area contributed by atoms with E-state index in [0.29, 0.717) is 6.04 Å². The topological polar surface area (TPSA) is 29.9 Å². The third kappa shape index (κ3) is 3.14. The van der Waals surface area contributed by atoms with Crippen molar-refractivity contribution in [3.63, 3.8) is 0 Å². The van der Waals surface area contributed by atoms with Crippen LogP contribution in [0.4, 0.5) is 0 Å². The van der Waals surface area contributed by atoms with Gasteiger partial charge in [0.2, 0.25) is 0 Å². The lowest BCUT2D eigenvalue weighted by molar-refractivity contribution is 0.342. The summed E-state index contributed by atoms with van der Waals surface area (Å²) in [6.45, 7) is 5.26. The molecule has 2 rings (SSSR count). The van der Waals surface area contributed by atoms with E-state index in [1.54, 1.807) is 0 Å². The summed E-state index contributed by atoms with van der Waals surface area (Å²) in [5.74, 6) is 0.777. The quantitative estimate of drug-likeness (QED) is 0.832. The third-order valence-electron chi connectivity index (χ3n) is 4.29. The summed E-state index contributed by atoms with van der Waals surface area (Å²) in [6.07, 6.45) is 8.05. The second-order valence-corrected chi connectivity index (χ2v) is 5.59. The smallest absolute Gasteiger partial charge is 0.0596 e. The minimum atomic E-state index is 0.688. The molecule has 1 saturated carbocycles. The molecule has 1 heterocycles. The first kappa shape index (κ1) is 13.6. The molecule has 18 heavy (non-hydrogen) atoms. The van der Waals surface area contributed by atoms with E-state index < -0.39 is 0 Å². The van der Waals surface area contributed by atoms with Crippen molar-refractivity contribution < 1.29 is 0 Å². The summed E-state index contributed by atoms with van der Waals surface area (Å²) in [6, 6.07) is 2.95. The van der Waals surface area contributed by atoms with Gasteiger partial charge in [0.1, 0.15) is 0 Å². The van der Waals surface area contributed by atoms with Crippen molar-refractivity contribution in [1.29, 1.82) is 0 Å². The summed E-state index contributed by atoms with van der Waals surface area (Å²) in [5.41, 5.74) is 2.57. The average molecular weight is 249 g/mol. The van der Waals surface area contributed by atoms with E-state index in [2.05, 4.69) is 42.1 Å². The van der Waals surface area contributed by atoms with Crippen LogP contribution in [0.25, 0.3) is 0 Å². The van der Waals surface area contributed by atoms with Crippen LogP contribution in [0.2, 0.25) is 0 Å². The van der Waals surface area contributed by atoms with Crippen LogP contribution < -0.4 is 5.32 Å². The SMILES string of the molecule is CCn1nc(C)cc1CC1CCCCCC1NC. The van der Waals surface area contributed by atoms with Crippen LogP contribution in [0.15, 0.2) is 6.07 Å². The molecule has 2 unspecified atom stereocenters. The first-order valence-corrected chi connectivity index (χ1v) is 7.45. The van der Waals surface area contributed by atoms with Gasteiger partial charge < -0.3 is 5.32 Å². The van der Waals surface area contributed by atoms with E-state index >= 15 is 0 Å². The molecule has 1 aliphatic carbocycles. The fraction of sp³-hybridized carbons (Fsp3) is 0.800. The Hall–Kier alpha value is -0.830. The van der Waals surface area contributed by atoms with E-state index in [1.807, 2.05) is 0 Å². The molecule has 3 nitrogen and oxygen atoms in total. The van der Waals surface area contributed by atoms with Crippen LogP contribution in [0, 0.1) is 12.8 Å². The van der Waals surface area contributed by atoms with Crippen molar-refractivity contribution in [2.24, 2.45) is 5.92 Å². The molecule has 0 amide bonds. The molecule has 102 valence electrons. The van der Waals surface area contributed by atoms with Gasteiger partial charge in [0, 0.05) is 18.3 Å². The maximum absolute atomic E-state index is 4.57. The molecule has 1 aromatic heterocycles. The van der Waals surface area contributed by atoms with Crippen LogP contribution in [0.1, 0.15) is 50.4 Å². The molecule has 1 aromatic rings. The number of aryl methyl sites for hydroxylation is 2. The second-order valence-electron chi connectivity index (χ2n) is 5.59. The summed E-state index contributed by atoms with van der Waals surface area (Å²) in [4.78, 5) is 0. The van der Waals surface area contributed by atoms with Crippen molar-refractivity contribution in [3.05, 3.63) is 17.5 Å². The molecule has 0 saturated heterocycles. The lowest BCUT2D eigenvalue weighted by Crippen LogP contribution is -2.34. The molecular formula is C15H27N3. The number of hydrogen-bond donors (Lipinski definition) is 1. The molecular weight excluding hydrogens is 222 g/mol. The molecule has 3 heteroatoms. The fourth-order valence-electron chi connectivity index (χ4n) is 3.31. The minimum Gasteiger partial charge on any atom is -0.317 e. The molecule has 0 radical (unpaired) electrons. The van der Waals surface area contributed by atoms with Gasteiger partial charge >= 0.3 is 0 Å². The Kier molecular flexibility index (Phi) is 4.81. The van der Waals surface area contributed by atoms with Crippen LogP contribution in [-0.4, -0.2) is 22.9 Å². The van der Waals surface area contributed by atoms with Gasteiger partial charge in [-0.3, -0.25) is 4.68 Å². The Morgan fingerprint density at radius 1 is 1.33 bits per heavy atom. The van der Waals surface area contributed by atoms with E-state index in [4.69, 9.17) is 0 Å². The van der Waals surface area contributed by atoms with Crippen LogP contribution in [0.3, 0.4) is 0 Å². The average Bonchev–Trinajstić information content (AvgIpc) is 2.59. The van der Waals surface area contributed by atoms with Crippen molar-refractivity contribution in [3.8, 4) is 0 Å². The standard InChI is InChI=1S/C15H27N3/c1-4-18-14(10-12(2)17-18)11-13-8-6-5-7-9-15(13)16-3/h10,13,15-16H,4-9,11H2,1-3H3. The summed E-state index contributed by atoms with van der Waals surface area (Å²) in [5, 5.41) is 8.09. The summed E-state index contributed by atoms with van der Waals surface area (Å²) < 4.78 is 2.17. The van der Waals surface area contributed by atoms with Gasteiger partial charge in [0.25, 0.3) is 0 Å². The van der Waals surface area contributed by atoms with Gasteiger partial charge in [-0.1, -0.05) is 19.3 Å². The van der Waals surface area contributed by atoms with E-state index in [-0.39, 0.29) is 0 Å². The Bertz CT molecular complexity index is 370. The Balaban J connectivity index is 2.09. The second kappa shape index (κ2) is 6.37. The Morgan fingerprint density at radius 3 is 2.83 bits per heavy atom. The Labute approximate surface area is 111 Å². The van der Waals surface area contributed by atoms with Crippen molar-refractivity contribution >= 4 is 0 Å². The van der Waals surface area contributed by atoms with Crippen molar-refractivity contribution in [2.45, 2.75) is 65.0 Å². The predicted molar refractivity (Wildman–Crippen MR) is 75.8 cm³/mol. The highest BCUT2D eigenvalue weighted by Gasteiger charge is 2.23. The molecule has 1 N–H and O–H groups in total. The number of aromatic nitrogens is 2. The van der Waals surface area contributed by atoms with Crippen LogP contribution >= 0.6 is 0 Å². The summed E-state index contributed by atoms with van der Waals surface area (Å²) >= 11 is 0. The molecule has 2 atom stereocenters. The maximum Gasteiger partial charge on any atom is 0.0596 e. The number of nitrogens with zero attached hydrogens (tertiary/aromatic N) is 2. The van der Waals surface area contributed by atoms with Gasteiger partial charge in [-0.25, -0.2) is 0 Å². The normalized spacial score (nSPS) is 25.1. The predicted octanol–water partition coefficient (Wildman–Crippen LogP) is 2.92. The zero-order valence-electron chi connectivity index (χ0n) is 12.1. The number of rotatable bonds is 4. The molecule has 0 aromatic carbocycles. The van der Waals surface area contributed by atoms with Gasteiger partial charge in [-0.2, -0.15) is 5.10 Å².